The normalized spacial score (nSPS) is 27.4. The first kappa shape index (κ1) is 19.3. The highest BCUT2D eigenvalue weighted by atomic mass is 16.3. The zero-order valence-corrected chi connectivity index (χ0v) is 13.1. The van der Waals surface area contributed by atoms with Gasteiger partial charge in [-0.15, -0.1) is 0 Å². The number of hydrogen-bond acceptors (Lipinski definition) is 1. The molecule has 0 aromatic rings. The van der Waals surface area contributed by atoms with Crippen LogP contribution in [0.15, 0.2) is 0 Å². The van der Waals surface area contributed by atoms with Crippen molar-refractivity contribution in [3.63, 3.8) is 0 Å². The van der Waals surface area contributed by atoms with E-state index in [1.54, 1.807) is 0 Å². The molecular formula is C16H36O. The summed E-state index contributed by atoms with van der Waals surface area (Å²) in [5.41, 5.74) is 0. The smallest absolute Gasteiger partial charge is 0.0568 e. The summed E-state index contributed by atoms with van der Waals surface area (Å²) >= 11 is 0. The summed E-state index contributed by atoms with van der Waals surface area (Å²) in [5, 5.41) is 9.71. The lowest BCUT2D eigenvalue weighted by atomic mass is 9.76. The van der Waals surface area contributed by atoms with Crippen molar-refractivity contribution in [1.29, 1.82) is 0 Å². The van der Waals surface area contributed by atoms with Crippen molar-refractivity contribution in [2.75, 3.05) is 0 Å². The van der Waals surface area contributed by atoms with Gasteiger partial charge < -0.3 is 5.11 Å². The van der Waals surface area contributed by atoms with E-state index in [4.69, 9.17) is 0 Å². The average molecular weight is 244 g/mol. The number of rotatable bonds is 4. The molecule has 0 spiro atoms. The Kier molecular flexibility index (Phi) is 15.9. The third-order valence-corrected chi connectivity index (χ3v) is 3.54. The fourth-order valence-electron chi connectivity index (χ4n) is 2.54. The van der Waals surface area contributed by atoms with Crippen LogP contribution in [0, 0.1) is 11.8 Å². The lowest BCUT2D eigenvalue weighted by Crippen LogP contribution is -2.28. The molecular weight excluding hydrogens is 208 g/mol. The Morgan fingerprint density at radius 3 is 2.06 bits per heavy atom. The van der Waals surface area contributed by atoms with Crippen LogP contribution in [0.25, 0.3) is 0 Å². The molecule has 0 saturated heterocycles. The molecule has 1 heteroatoms. The maximum atomic E-state index is 9.71. The molecule has 1 N–H and O–H groups in total. The second-order valence-electron chi connectivity index (χ2n) is 4.56. The summed E-state index contributed by atoms with van der Waals surface area (Å²) in [6.07, 6.45) is 8.82. The van der Waals surface area contributed by atoms with E-state index in [9.17, 15) is 5.11 Å². The summed E-state index contributed by atoms with van der Waals surface area (Å²) in [6.45, 7) is 12.5. The van der Waals surface area contributed by atoms with Gasteiger partial charge in [0.05, 0.1) is 6.10 Å². The van der Waals surface area contributed by atoms with E-state index < -0.39 is 0 Å². The molecule has 1 fully saturated rings. The van der Waals surface area contributed by atoms with E-state index in [0.29, 0.717) is 5.92 Å². The van der Waals surface area contributed by atoms with Crippen LogP contribution in [0.1, 0.15) is 86.5 Å². The molecule has 0 radical (unpaired) electrons. The van der Waals surface area contributed by atoms with Gasteiger partial charge in [0.2, 0.25) is 0 Å². The highest BCUT2D eigenvalue weighted by Crippen LogP contribution is 2.33. The Morgan fingerprint density at radius 1 is 1.00 bits per heavy atom. The van der Waals surface area contributed by atoms with Crippen molar-refractivity contribution in [2.24, 2.45) is 11.8 Å². The van der Waals surface area contributed by atoms with E-state index in [1.165, 1.54) is 32.1 Å². The largest absolute Gasteiger partial charge is 0.393 e. The fourth-order valence-corrected chi connectivity index (χ4v) is 2.54. The van der Waals surface area contributed by atoms with Gasteiger partial charge in [-0.05, 0) is 31.1 Å². The van der Waals surface area contributed by atoms with Crippen LogP contribution in [0.4, 0.5) is 0 Å². The minimum absolute atomic E-state index is 0.00266. The van der Waals surface area contributed by atoms with Gasteiger partial charge in [0.1, 0.15) is 0 Å². The van der Waals surface area contributed by atoms with Gasteiger partial charge in [-0.1, -0.05) is 67.2 Å². The van der Waals surface area contributed by atoms with Gasteiger partial charge >= 0.3 is 0 Å². The van der Waals surface area contributed by atoms with Crippen LogP contribution in [-0.4, -0.2) is 11.2 Å². The maximum absolute atomic E-state index is 9.71. The van der Waals surface area contributed by atoms with Gasteiger partial charge in [0, 0.05) is 0 Å². The summed E-state index contributed by atoms with van der Waals surface area (Å²) in [6, 6.07) is 0. The van der Waals surface area contributed by atoms with Crippen molar-refractivity contribution >= 4 is 0 Å². The predicted octanol–water partition coefficient (Wildman–Crippen LogP) is 5.42. The zero-order chi connectivity index (χ0) is 13.7. The molecule has 3 unspecified atom stereocenters. The molecule has 0 bridgehead atoms. The Morgan fingerprint density at radius 2 is 1.59 bits per heavy atom. The van der Waals surface area contributed by atoms with Crippen molar-refractivity contribution < 1.29 is 5.11 Å². The standard InChI is InChI=1S/C12H24O.2C2H6/c1-3-5-6-10-7-8-12(13)11(4-2)9-10;2*1-2/h10-13H,3-9H2,1-2H3;2*1-2H3. The van der Waals surface area contributed by atoms with Gasteiger partial charge in [0.25, 0.3) is 0 Å². The van der Waals surface area contributed by atoms with E-state index >= 15 is 0 Å². The highest BCUT2D eigenvalue weighted by molar-refractivity contribution is 4.78. The zero-order valence-electron chi connectivity index (χ0n) is 13.1. The molecule has 0 heterocycles. The number of unbranched alkanes of at least 4 members (excludes halogenated alkanes) is 1. The van der Waals surface area contributed by atoms with Crippen molar-refractivity contribution in [3.8, 4) is 0 Å². The second kappa shape index (κ2) is 14.0. The van der Waals surface area contributed by atoms with Crippen LogP contribution in [0.5, 0.6) is 0 Å². The highest BCUT2D eigenvalue weighted by Gasteiger charge is 2.27. The third-order valence-electron chi connectivity index (χ3n) is 3.54. The molecule has 0 aromatic carbocycles. The molecule has 17 heavy (non-hydrogen) atoms. The minimum atomic E-state index is 0.00266. The van der Waals surface area contributed by atoms with E-state index in [-0.39, 0.29) is 6.10 Å². The van der Waals surface area contributed by atoms with E-state index in [0.717, 1.165) is 18.8 Å². The quantitative estimate of drug-likeness (QED) is 0.700. The number of aliphatic hydroxyl groups excluding tert-OH is 1. The van der Waals surface area contributed by atoms with Crippen LogP contribution in [0.2, 0.25) is 0 Å². The number of aliphatic hydroxyl groups is 1. The Hall–Kier alpha value is -0.0400. The molecule has 1 aliphatic rings. The number of hydrogen-bond donors (Lipinski definition) is 1. The molecule has 1 saturated carbocycles. The molecule has 1 aliphatic carbocycles. The van der Waals surface area contributed by atoms with Gasteiger partial charge in [0.15, 0.2) is 0 Å². The monoisotopic (exact) mass is 244 g/mol. The van der Waals surface area contributed by atoms with Gasteiger partial charge in [-0.3, -0.25) is 0 Å². The SMILES string of the molecule is CC.CC.CCCCC1CCC(O)C(CC)C1. The van der Waals surface area contributed by atoms with Crippen LogP contribution in [-0.2, 0) is 0 Å². The second-order valence-corrected chi connectivity index (χ2v) is 4.56. The Balaban J connectivity index is 0. The first-order valence-electron chi connectivity index (χ1n) is 7.96. The predicted molar refractivity (Wildman–Crippen MR) is 79.3 cm³/mol. The maximum Gasteiger partial charge on any atom is 0.0568 e. The van der Waals surface area contributed by atoms with E-state index in [2.05, 4.69) is 13.8 Å². The lowest BCUT2D eigenvalue weighted by molar-refractivity contribution is 0.0440. The summed E-state index contributed by atoms with van der Waals surface area (Å²) in [4.78, 5) is 0. The van der Waals surface area contributed by atoms with Crippen LogP contribution < -0.4 is 0 Å². The van der Waals surface area contributed by atoms with Crippen molar-refractivity contribution in [3.05, 3.63) is 0 Å². The average Bonchev–Trinajstić information content (AvgIpc) is 2.42. The van der Waals surface area contributed by atoms with E-state index in [1.807, 2.05) is 27.7 Å². The third kappa shape index (κ3) is 8.65. The molecule has 3 atom stereocenters. The van der Waals surface area contributed by atoms with Crippen LogP contribution in [0.3, 0.4) is 0 Å². The first-order valence-corrected chi connectivity index (χ1v) is 7.96. The molecule has 0 aromatic heterocycles. The minimum Gasteiger partial charge on any atom is -0.393 e. The summed E-state index contributed by atoms with van der Waals surface area (Å²) in [5.74, 6) is 1.50. The summed E-state index contributed by atoms with van der Waals surface area (Å²) < 4.78 is 0. The fraction of sp³-hybridized carbons (Fsp3) is 1.00. The topological polar surface area (TPSA) is 20.2 Å². The van der Waals surface area contributed by atoms with Gasteiger partial charge in [-0.25, -0.2) is 0 Å². The van der Waals surface area contributed by atoms with Crippen molar-refractivity contribution in [1.82, 2.24) is 0 Å². The molecule has 0 amide bonds. The first-order chi connectivity index (χ1) is 8.27. The summed E-state index contributed by atoms with van der Waals surface area (Å²) in [7, 11) is 0. The van der Waals surface area contributed by atoms with Crippen LogP contribution >= 0.6 is 0 Å². The Labute approximate surface area is 110 Å². The Bertz CT molecular complexity index is 131. The van der Waals surface area contributed by atoms with Crippen molar-refractivity contribution in [2.45, 2.75) is 92.6 Å². The van der Waals surface area contributed by atoms with Gasteiger partial charge in [-0.2, -0.15) is 0 Å². The molecule has 0 aliphatic heterocycles. The molecule has 106 valence electrons. The lowest BCUT2D eigenvalue weighted by Gasteiger charge is -2.32. The molecule has 1 nitrogen and oxygen atoms in total. The molecule has 1 rings (SSSR count).